The number of aliphatic hydroxyl groups excluding tert-OH is 1. The Kier molecular flexibility index (Phi) is 18.8. The minimum atomic E-state index is 0.201. The van der Waals surface area contributed by atoms with Crippen molar-refractivity contribution in [2.45, 2.75) is 39.2 Å². The zero-order valence-corrected chi connectivity index (χ0v) is 41.8. The fourth-order valence-electron chi connectivity index (χ4n) is 8.50. The van der Waals surface area contributed by atoms with Crippen LogP contribution in [0.2, 0.25) is 0 Å². The van der Waals surface area contributed by atoms with Crippen LogP contribution in [0.4, 0.5) is 0 Å². The van der Waals surface area contributed by atoms with Gasteiger partial charge in [-0.2, -0.15) is 0 Å². The lowest BCUT2D eigenvalue weighted by Gasteiger charge is -2.13. The number of phenolic OH excluding ortho intramolecular Hbond substituents is 2. The highest BCUT2D eigenvalue weighted by Gasteiger charge is 2.11. The Balaban J connectivity index is 0.000000207. The summed E-state index contributed by atoms with van der Waals surface area (Å²) in [5.41, 5.74) is 18.4. The molecule has 0 atom stereocenters. The highest BCUT2D eigenvalue weighted by Crippen LogP contribution is 2.36. The molecular weight excluding hydrogens is 905 g/mol. The molecule has 0 amide bonds. The summed E-state index contributed by atoms with van der Waals surface area (Å²) in [5.74, 6) is 1.35. The van der Waals surface area contributed by atoms with E-state index in [1.165, 1.54) is 44.5 Å². The van der Waals surface area contributed by atoms with E-state index in [9.17, 15) is 10.2 Å². The lowest BCUT2D eigenvalue weighted by molar-refractivity contribution is -0.0660. The zero-order valence-electron chi connectivity index (χ0n) is 41.8. The van der Waals surface area contributed by atoms with Gasteiger partial charge in [0.25, 0.3) is 0 Å². The Morgan fingerprint density at radius 1 is 0.370 bits per heavy atom. The average molecular weight is 969 g/mol. The van der Waals surface area contributed by atoms with Gasteiger partial charge in [-0.3, -0.25) is 0 Å². The molecule has 0 saturated carbocycles. The Hall–Kier alpha value is -7.78. The molecule has 7 nitrogen and oxygen atoms in total. The zero-order chi connectivity index (χ0) is 50.6. The predicted octanol–water partition coefficient (Wildman–Crippen LogP) is 15.2. The van der Waals surface area contributed by atoms with E-state index in [2.05, 4.69) is 153 Å². The predicted molar refractivity (Wildman–Crippen MR) is 297 cm³/mol. The molecule has 0 spiro atoms. The first-order valence-corrected chi connectivity index (χ1v) is 25.0. The van der Waals surface area contributed by atoms with Crippen LogP contribution < -0.4 is 4.74 Å². The maximum absolute atomic E-state index is 9.64. The van der Waals surface area contributed by atoms with Gasteiger partial charge in [0.1, 0.15) is 30.6 Å². The van der Waals surface area contributed by atoms with Gasteiger partial charge >= 0.3 is 0 Å². The molecule has 0 fully saturated rings. The van der Waals surface area contributed by atoms with E-state index in [4.69, 9.17) is 24.1 Å². The molecule has 3 N–H and O–H groups in total. The molecule has 9 rings (SSSR count). The van der Waals surface area contributed by atoms with Crippen molar-refractivity contribution in [3.05, 3.63) is 235 Å². The van der Waals surface area contributed by atoms with Gasteiger partial charge in [0.15, 0.2) is 0 Å². The quantitative estimate of drug-likeness (QED) is 0.0487. The van der Waals surface area contributed by atoms with E-state index in [0.717, 1.165) is 75.9 Å². The third-order valence-corrected chi connectivity index (χ3v) is 12.6. The smallest absolute Gasteiger partial charge is 0.146 e. The van der Waals surface area contributed by atoms with Gasteiger partial charge in [0.2, 0.25) is 0 Å². The van der Waals surface area contributed by atoms with E-state index in [0.29, 0.717) is 33.2 Å². The summed E-state index contributed by atoms with van der Waals surface area (Å²) >= 11 is 0. The second-order valence-corrected chi connectivity index (χ2v) is 18.1. The van der Waals surface area contributed by atoms with Crippen LogP contribution in [-0.2, 0) is 33.7 Å². The van der Waals surface area contributed by atoms with Gasteiger partial charge in [-0.1, -0.05) is 145 Å². The molecule has 0 aliphatic carbocycles. The Morgan fingerprint density at radius 2 is 0.753 bits per heavy atom. The number of aliphatic hydroxyl groups is 1. The van der Waals surface area contributed by atoms with Crippen LogP contribution in [0.15, 0.2) is 212 Å². The summed E-state index contributed by atoms with van der Waals surface area (Å²) < 4.78 is 21.9. The molecule has 0 radical (unpaired) electrons. The third kappa shape index (κ3) is 15.4. The summed E-state index contributed by atoms with van der Waals surface area (Å²) in [6, 6.07) is 72.4. The Morgan fingerprint density at radius 3 is 1.18 bits per heavy atom. The summed E-state index contributed by atoms with van der Waals surface area (Å²) in [4.78, 5) is 0. The third-order valence-electron chi connectivity index (χ3n) is 12.6. The van der Waals surface area contributed by atoms with Gasteiger partial charge in [-0.05, 0) is 189 Å². The first-order chi connectivity index (χ1) is 35.8. The second-order valence-electron chi connectivity index (χ2n) is 18.1. The molecule has 0 aliphatic heterocycles. The standard InChI is InChI=1S/C39H40O4.C27H24O3/c1-30-10-14-33(15-11-30)36-25-37(34-16-12-31(13-17-34)9-6-22-41-29-42-24-23-40-2)27-38(26-36)35-18-20-39(21-19-35)43-28-32-7-4-3-5-8-32;28-15-1-2-19-3-5-20(6-4-19)23-16-24(21-7-11-26(29)12-8-21)18-25(17-23)22-9-13-27(30)14-10-22/h3-5,7-8,10-21,25-27H,6,9,22-24,28-29H2,1-2H3;3-14,16-18,28-30H,1-2,15H2. The number of aromatic hydroxyl groups is 2. The number of aryl methyl sites for hydroxylation is 3. The number of methoxy groups -OCH3 is 1. The minimum Gasteiger partial charge on any atom is -0.508 e. The summed E-state index contributed by atoms with van der Waals surface area (Å²) in [6.07, 6.45) is 3.54. The Bertz CT molecular complexity index is 3000. The van der Waals surface area contributed by atoms with Crippen molar-refractivity contribution in [1.29, 1.82) is 0 Å². The molecule has 0 aliphatic rings. The minimum absolute atomic E-state index is 0.201. The van der Waals surface area contributed by atoms with E-state index >= 15 is 0 Å². The maximum Gasteiger partial charge on any atom is 0.146 e. The molecule has 0 unspecified atom stereocenters. The largest absolute Gasteiger partial charge is 0.508 e. The van der Waals surface area contributed by atoms with Crippen LogP contribution in [0.25, 0.3) is 66.8 Å². The normalized spacial score (nSPS) is 10.9. The van der Waals surface area contributed by atoms with Crippen LogP contribution in [-0.4, -0.2) is 55.6 Å². The molecule has 9 aromatic carbocycles. The highest BCUT2D eigenvalue weighted by molar-refractivity contribution is 5.83. The lowest BCUT2D eigenvalue weighted by Crippen LogP contribution is -2.06. The number of rotatable bonds is 21. The highest BCUT2D eigenvalue weighted by atomic mass is 16.7. The van der Waals surface area contributed by atoms with Crippen molar-refractivity contribution in [3.8, 4) is 84.0 Å². The van der Waals surface area contributed by atoms with Crippen LogP contribution in [0.5, 0.6) is 17.2 Å². The van der Waals surface area contributed by atoms with Crippen molar-refractivity contribution >= 4 is 0 Å². The molecule has 7 heteroatoms. The Labute approximate surface area is 430 Å². The van der Waals surface area contributed by atoms with Crippen molar-refractivity contribution in [2.24, 2.45) is 0 Å². The van der Waals surface area contributed by atoms with Crippen LogP contribution in [0, 0.1) is 6.92 Å². The van der Waals surface area contributed by atoms with E-state index < -0.39 is 0 Å². The van der Waals surface area contributed by atoms with Crippen molar-refractivity contribution in [3.63, 3.8) is 0 Å². The van der Waals surface area contributed by atoms with Gasteiger partial charge in [-0.25, -0.2) is 0 Å². The van der Waals surface area contributed by atoms with Crippen molar-refractivity contribution in [2.75, 3.05) is 40.3 Å². The molecule has 73 heavy (non-hydrogen) atoms. The van der Waals surface area contributed by atoms with Crippen molar-refractivity contribution < 1.29 is 34.3 Å². The molecule has 0 aromatic heterocycles. The van der Waals surface area contributed by atoms with Crippen LogP contribution in [0.3, 0.4) is 0 Å². The first-order valence-electron chi connectivity index (χ1n) is 25.0. The van der Waals surface area contributed by atoms with E-state index in [-0.39, 0.29) is 18.1 Å². The SMILES string of the molecule is COCCOCOCCCc1ccc(-c2cc(-c3ccc(C)cc3)cc(-c3ccc(OCc4ccccc4)cc3)c2)cc1.OCCCc1ccc(-c2cc(-c3ccc(O)cc3)cc(-c3ccc(O)cc3)c2)cc1. The summed E-state index contributed by atoms with van der Waals surface area (Å²) in [7, 11) is 1.66. The number of hydrogen-bond acceptors (Lipinski definition) is 7. The second kappa shape index (κ2) is 26.6. The van der Waals surface area contributed by atoms with Crippen LogP contribution >= 0.6 is 0 Å². The molecule has 0 heterocycles. The van der Waals surface area contributed by atoms with Gasteiger partial charge in [-0.15, -0.1) is 0 Å². The van der Waals surface area contributed by atoms with Crippen LogP contribution in [0.1, 0.15) is 35.1 Å². The topological polar surface area (TPSA) is 97.6 Å². The lowest BCUT2D eigenvalue weighted by atomic mass is 9.92. The number of hydrogen-bond donors (Lipinski definition) is 3. The molecule has 370 valence electrons. The number of ether oxygens (including phenoxy) is 4. The number of phenols is 2. The van der Waals surface area contributed by atoms with Gasteiger partial charge in [0.05, 0.1) is 13.2 Å². The molecule has 9 aromatic rings. The number of benzene rings is 9. The van der Waals surface area contributed by atoms with Gasteiger partial charge in [0, 0.05) is 20.3 Å². The molecule has 0 bridgehead atoms. The van der Waals surface area contributed by atoms with Gasteiger partial charge < -0.3 is 34.3 Å². The first kappa shape index (κ1) is 51.6. The van der Waals surface area contributed by atoms with E-state index in [1.807, 2.05) is 42.5 Å². The molecular formula is C66H64O7. The molecule has 0 saturated heterocycles. The maximum atomic E-state index is 9.64. The monoisotopic (exact) mass is 968 g/mol. The summed E-state index contributed by atoms with van der Waals surface area (Å²) in [5, 5.41) is 28.3. The van der Waals surface area contributed by atoms with E-state index in [1.54, 1.807) is 31.4 Å². The van der Waals surface area contributed by atoms with Crippen molar-refractivity contribution in [1.82, 2.24) is 0 Å². The summed E-state index contributed by atoms with van der Waals surface area (Å²) in [6.45, 7) is 5.00. The fourth-order valence-corrected chi connectivity index (χ4v) is 8.50. The fraction of sp³-hybridized carbons (Fsp3) is 0.182. The average Bonchev–Trinajstić information content (AvgIpc) is 3.44.